The lowest BCUT2D eigenvalue weighted by atomic mass is 10.1. The average Bonchev–Trinajstić information content (AvgIpc) is 2.94. The van der Waals surface area contributed by atoms with E-state index in [1.807, 2.05) is 0 Å². The van der Waals surface area contributed by atoms with Crippen LogP contribution in [0.3, 0.4) is 0 Å². The Morgan fingerprint density at radius 2 is 2.21 bits per heavy atom. The molecule has 2 N–H and O–H groups in total. The maximum atomic E-state index is 12.1. The molecule has 1 fully saturated rings. The van der Waals surface area contributed by atoms with Gasteiger partial charge in [0.15, 0.2) is 0 Å². The summed E-state index contributed by atoms with van der Waals surface area (Å²) < 4.78 is 0. The monoisotopic (exact) mass is 260 g/mol. The zero-order chi connectivity index (χ0) is 14.0. The predicted molar refractivity (Wildman–Crippen MR) is 70.6 cm³/mol. The van der Waals surface area contributed by atoms with Crippen molar-refractivity contribution in [3.05, 3.63) is 35.7 Å². The van der Waals surface area contributed by atoms with Gasteiger partial charge in [-0.1, -0.05) is 13.8 Å². The summed E-state index contributed by atoms with van der Waals surface area (Å²) in [6.45, 7) is 4.19. The topological polar surface area (TPSA) is 79.3 Å². The Balaban J connectivity index is 2.15. The molecule has 0 saturated heterocycles. The van der Waals surface area contributed by atoms with E-state index in [1.165, 1.54) is 18.5 Å². The molecular formula is C14H16N2O3. The Labute approximate surface area is 111 Å². The van der Waals surface area contributed by atoms with Crippen LogP contribution in [-0.4, -0.2) is 28.0 Å². The summed E-state index contributed by atoms with van der Waals surface area (Å²) in [6, 6.07) is 1.77. The van der Waals surface area contributed by atoms with Crippen LogP contribution in [0.1, 0.15) is 36.2 Å². The largest absolute Gasteiger partial charge is 0.478 e. The van der Waals surface area contributed by atoms with E-state index in [2.05, 4.69) is 24.1 Å². The Kier molecular flexibility index (Phi) is 3.38. The third kappa shape index (κ3) is 3.19. The first-order valence-electron chi connectivity index (χ1n) is 6.06. The van der Waals surface area contributed by atoms with Crippen LogP contribution in [0.2, 0.25) is 0 Å². The quantitative estimate of drug-likeness (QED) is 0.808. The van der Waals surface area contributed by atoms with Gasteiger partial charge in [-0.3, -0.25) is 9.78 Å². The van der Waals surface area contributed by atoms with Crippen LogP contribution in [0.5, 0.6) is 0 Å². The molecule has 0 radical (unpaired) electrons. The van der Waals surface area contributed by atoms with Crippen molar-refractivity contribution >= 4 is 18.0 Å². The van der Waals surface area contributed by atoms with Gasteiger partial charge in [-0.05, 0) is 24.0 Å². The van der Waals surface area contributed by atoms with E-state index in [-0.39, 0.29) is 17.4 Å². The summed E-state index contributed by atoms with van der Waals surface area (Å²) in [5.74, 6) is -1.25. The van der Waals surface area contributed by atoms with E-state index in [0.29, 0.717) is 11.1 Å². The molecule has 1 aliphatic carbocycles. The summed E-state index contributed by atoms with van der Waals surface area (Å²) in [6.07, 6.45) is 6.33. The molecular weight excluding hydrogens is 244 g/mol. The fraction of sp³-hybridized carbons (Fsp3) is 0.357. The lowest BCUT2D eigenvalue weighted by Gasteiger charge is -2.08. The average molecular weight is 260 g/mol. The number of amides is 1. The van der Waals surface area contributed by atoms with E-state index >= 15 is 0 Å². The first-order chi connectivity index (χ1) is 8.90. The number of nitrogens with one attached hydrogen (secondary N) is 1. The second-order valence-corrected chi connectivity index (χ2v) is 5.35. The molecule has 2 rings (SSSR count). The molecule has 5 nitrogen and oxygen atoms in total. The molecule has 0 aromatic carbocycles. The van der Waals surface area contributed by atoms with E-state index in [4.69, 9.17) is 5.11 Å². The molecule has 1 aromatic rings. The standard InChI is InChI=1S/C14H16N2O3/c1-14(2)7-11(14)16-13(19)10-5-6-15-8-9(10)3-4-12(17)18/h3-6,8,11H,7H2,1-2H3,(H,16,19)(H,17,18). The van der Waals surface area contributed by atoms with Crippen molar-refractivity contribution in [2.75, 3.05) is 0 Å². The second-order valence-electron chi connectivity index (χ2n) is 5.35. The van der Waals surface area contributed by atoms with Crippen molar-refractivity contribution in [2.24, 2.45) is 5.41 Å². The Morgan fingerprint density at radius 3 is 2.79 bits per heavy atom. The number of carboxylic acids is 1. The molecule has 100 valence electrons. The van der Waals surface area contributed by atoms with Crippen molar-refractivity contribution in [1.82, 2.24) is 10.3 Å². The minimum absolute atomic E-state index is 0.153. The van der Waals surface area contributed by atoms with Crippen LogP contribution in [-0.2, 0) is 4.79 Å². The molecule has 1 amide bonds. The first kappa shape index (κ1) is 13.3. The molecule has 1 saturated carbocycles. The van der Waals surface area contributed by atoms with E-state index < -0.39 is 5.97 Å². The van der Waals surface area contributed by atoms with Crippen molar-refractivity contribution < 1.29 is 14.7 Å². The minimum Gasteiger partial charge on any atom is -0.478 e. The zero-order valence-corrected chi connectivity index (χ0v) is 10.9. The zero-order valence-electron chi connectivity index (χ0n) is 10.9. The van der Waals surface area contributed by atoms with E-state index in [1.54, 1.807) is 6.07 Å². The summed E-state index contributed by atoms with van der Waals surface area (Å²) in [7, 11) is 0. The number of pyridine rings is 1. The lowest BCUT2D eigenvalue weighted by molar-refractivity contribution is -0.131. The Morgan fingerprint density at radius 1 is 1.53 bits per heavy atom. The second kappa shape index (κ2) is 4.84. The van der Waals surface area contributed by atoms with Gasteiger partial charge < -0.3 is 10.4 Å². The smallest absolute Gasteiger partial charge is 0.328 e. The molecule has 0 spiro atoms. The maximum absolute atomic E-state index is 12.1. The van der Waals surface area contributed by atoms with Crippen LogP contribution in [0.4, 0.5) is 0 Å². The van der Waals surface area contributed by atoms with Gasteiger partial charge in [0.2, 0.25) is 0 Å². The number of carbonyl (C=O) groups is 2. The highest BCUT2D eigenvalue weighted by molar-refractivity contribution is 5.99. The summed E-state index contributed by atoms with van der Waals surface area (Å²) in [5.41, 5.74) is 1.09. The molecule has 1 unspecified atom stereocenters. The Bertz CT molecular complexity index is 549. The van der Waals surface area contributed by atoms with Gasteiger partial charge in [-0.2, -0.15) is 0 Å². The molecule has 0 bridgehead atoms. The van der Waals surface area contributed by atoms with Gasteiger partial charge in [0.1, 0.15) is 0 Å². The third-order valence-electron chi connectivity index (χ3n) is 3.32. The minimum atomic E-state index is -1.06. The highest BCUT2D eigenvalue weighted by Gasteiger charge is 2.46. The van der Waals surface area contributed by atoms with Gasteiger partial charge in [0.05, 0.1) is 0 Å². The van der Waals surface area contributed by atoms with Gasteiger partial charge in [0, 0.05) is 35.6 Å². The maximum Gasteiger partial charge on any atom is 0.328 e. The van der Waals surface area contributed by atoms with Crippen molar-refractivity contribution in [2.45, 2.75) is 26.3 Å². The summed E-state index contributed by atoms with van der Waals surface area (Å²) >= 11 is 0. The number of hydrogen-bond donors (Lipinski definition) is 2. The predicted octanol–water partition coefficient (Wildman–Crippen LogP) is 1.71. The van der Waals surface area contributed by atoms with Gasteiger partial charge >= 0.3 is 5.97 Å². The first-order valence-corrected chi connectivity index (χ1v) is 6.06. The van der Waals surface area contributed by atoms with E-state index in [0.717, 1.165) is 12.5 Å². The van der Waals surface area contributed by atoms with Crippen LogP contribution in [0, 0.1) is 5.41 Å². The van der Waals surface area contributed by atoms with Crippen molar-refractivity contribution in [1.29, 1.82) is 0 Å². The molecule has 1 aromatic heterocycles. The van der Waals surface area contributed by atoms with Crippen molar-refractivity contribution in [3.8, 4) is 0 Å². The fourth-order valence-electron chi connectivity index (χ4n) is 1.86. The van der Waals surface area contributed by atoms with Crippen LogP contribution >= 0.6 is 0 Å². The molecule has 19 heavy (non-hydrogen) atoms. The number of hydrogen-bond acceptors (Lipinski definition) is 3. The van der Waals surface area contributed by atoms with Gasteiger partial charge in [-0.15, -0.1) is 0 Å². The summed E-state index contributed by atoms with van der Waals surface area (Å²) in [4.78, 5) is 26.6. The van der Waals surface area contributed by atoms with Gasteiger partial charge in [-0.25, -0.2) is 4.79 Å². The molecule has 5 heteroatoms. The molecule has 0 aliphatic heterocycles. The third-order valence-corrected chi connectivity index (χ3v) is 3.32. The lowest BCUT2D eigenvalue weighted by Crippen LogP contribution is -2.28. The number of nitrogens with zero attached hydrogens (tertiary/aromatic N) is 1. The number of carboxylic acid groups (broad SMARTS) is 1. The van der Waals surface area contributed by atoms with Crippen LogP contribution < -0.4 is 5.32 Å². The molecule has 1 aliphatic rings. The number of carbonyl (C=O) groups excluding carboxylic acids is 1. The number of aliphatic carboxylic acids is 1. The highest BCUT2D eigenvalue weighted by atomic mass is 16.4. The fourth-order valence-corrected chi connectivity index (χ4v) is 1.86. The summed E-state index contributed by atoms with van der Waals surface area (Å²) in [5, 5.41) is 11.6. The van der Waals surface area contributed by atoms with Crippen LogP contribution in [0.25, 0.3) is 6.08 Å². The molecule has 1 heterocycles. The normalized spacial score (nSPS) is 20.2. The van der Waals surface area contributed by atoms with Crippen molar-refractivity contribution in [3.63, 3.8) is 0 Å². The highest BCUT2D eigenvalue weighted by Crippen LogP contribution is 2.44. The molecule has 1 atom stereocenters. The van der Waals surface area contributed by atoms with Crippen LogP contribution in [0.15, 0.2) is 24.5 Å². The SMILES string of the molecule is CC1(C)CC1NC(=O)c1ccncc1C=CC(=O)O. The number of aromatic nitrogens is 1. The van der Waals surface area contributed by atoms with Gasteiger partial charge in [0.25, 0.3) is 5.91 Å². The Hall–Kier alpha value is -2.17. The van der Waals surface area contributed by atoms with E-state index in [9.17, 15) is 9.59 Å². The number of rotatable bonds is 4.